The van der Waals surface area contributed by atoms with E-state index in [-0.39, 0.29) is 36.3 Å². The SMILES string of the molecule is C[C@@H](C1CC1)N(Cc1ccc(F)cc1)C(=O)Cc1c(NC2CCCC(N)C2)ccc2c1CCC21OC(=O)NC1=O. The lowest BCUT2D eigenvalue weighted by Crippen LogP contribution is -2.40. The van der Waals surface area contributed by atoms with Crippen LogP contribution in [-0.2, 0) is 39.3 Å². The Bertz CT molecular complexity index is 1330. The van der Waals surface area contributed by atoms with Crippen LogP contribution in [0.25, 0.3) is 0 Å². The molecule has 2 saturated carbocycles. The van der Waals surface area contributed by atoms with Crippen LogP contribution in [0.1, 0.15) is 74.1 Å². The fraction of sp³-hybridized carbons (Fsp3) is 0.516. The molecule has 212 valence electrons. The third-order valence-corrected chi connectivity index (χ3v) is 9.23. The van der Waals surface area contributed by atoms with Crippen LogP contribution in [0.15, 0.2) is 36.4 Å². The third-order valence-electron chi connectivity index (χ3n) is 9.23. The first-order valence-corrected chi connectivity index (χ1v) is 14.5. The van der Waals surface area contributed by atoms with Gasteiger partial charge in [-0.05, 0) is 92.7 Å². The van der Waals surface area contributed by atoms with Gasteiger partial charge in [0.25, 0.3) is 5.91 Å². The zero-order valence-electron chi connectivity index (χ0n) is 22.9. The van der Waals surface area contributed by atoms with Crippen LogP contribution < -0.4 is 16.4 Å². The molecule has 40 heavy (non-hydrogen) atoms. The van der Waals surface area contributed by atoms with E-state index in [2.05, 4.69) is 17.6 Å². The van der Waals surface area contributed by atoms with Crippen molar-refractivity contribution in [3.63, 3.8) is 0 Å². The van der Waals surface area contributed by atoms with Gasteiger partial charge in [0, 0.05) is 42.3 Å². The molecule has 1 spiro atoms. The maximum absolute atomic E-state index is 14.1. The van der Waals surface area contributed by atoms with Gasteiger partial charge in [-0.1, -0.05) is 18.2 Å². The summed E-state index contributed by atoms with van der Waals surface area (Å²) in [4.78, 5) is 40.9. The van der Waals surface area contributed by atoms with Crippen LogP contribution in [0.4, 0.5) is 14.9 Å². The quantitative estimate of drug-likeness (QED) is 0.454. The highest BCUT2D eigenvalue weighted by molar-refractivity contribution is 6.04. The van der Waals surface area contributed by atoms with Crippen molar-refractivity contribution in [2.24, 2.45) is 11.7 Å². The van der Waals surface area contributed by atoms with E-state index < -0.39 is 17.6 Å². The topological polar surface area (TPSA) is 114 Å². The van der Waals surface area contributed by atoms with E-state index in [1.54, 1.807) is 12.1 Å². The zero-order valence-corrected chi connectivity index (χ0v) is 22.9. The first-order chi connectivity index (χ1) is 19.2. The van der Waals surface area contributed by atoms with Crippen molar-refractivity contribution in [2.45, 2.75) is 95.0 Å². The van der Waals surface area contributed by atoms with Gasteiger partial charge in [-0.25, -0.2) is 9.18 Å². The number of carbonyl (C=O) groups excluding carboxylic acids is 3. The molecule has 0 bridgehead atoms. The summed E-state index contributed by atoms with van der Waals surface area (Å²) < 4.78 is 19.1. The normalized spacial score (nSPS) is 26.3. The Balaban J connectivity index is 1.34. The molecule has 1 heterocycles. The van der Waals surface area contributed by atoms with Gasteiger partial charge in [0.15, 0.2) is 0 Å². The average molecular weight is 549 g/mol. The van der Waals surface area contributed by atoms with Crippen LogP contribution in [0.2, 0.25) is 0 Å². The van der Waals surface area contributed by atoms with Crippen molar-refractivity contribution in [2.75, 3.05) is 5.32 Å². The molecule has 4 N–H and O–H groups in total. The first-order valence-electron chi connectivity index (χ1n) is 14.5. The summed E-state index contributed by atoms with van der Waals surface area (Å²) in [5, 5.41) is 5.96. The minimum atomic E-state index is -1.34. The summed E-state index contributed by atoms with van der Waals surface area (Å²) in [7, 11) is 0. The van der Waals surface area contributed by atoms with Gasteiger partial charge in [-0.2, -0.15) is 0 Å². The smallest absolute Gasteiger partial charge is 0.415 e. The summed E-state index contributed by atoms with van der Waals surface area (Å²) in [6.07, 6.45) is 6.35. The van der Waals surface area contributed by atoms with Crippen molar-refractivity contribution < 1.29 is 23.5 Å². The van der Waals surface area contributed by atoms with E-state index in [4.69, 9.17) is 10.5 Å². The Morgan fingerprint density at radius 3 is 2.62 bits per heavy atom. The molecule has 1 aliphatic heterocycles. The van der Waals surface area contributed by atoms with Gasteiger partial charge < -0.3 is 20.7 Å². The number of alkyl carbamates (subject to hydrolysis) is 1. The summed E-state index contributed by atoms with van der Waals surface area (Å²) in [5.41, 5.74) is 9.07. The first kappa shape index (κ1) is 26.7. The monoisotopic (exact) mass is 548 g/mol. The summed E-state index contributed by atoms with van der Waals surface area (Å²) in [5.74, 6) is -0.320. The molecule has 6 rings (SSSR count). The van der Waals surface area contributed by atoms with E-state index in [0.29, 0.717) is 30.9 Å². The number of halogens is 1. The van der Waals surface area contributed by atoms with Gasteiger partial charge >= 0.3 is 6.09 Å². The van der Waals surface area contributed by atoms with Crippen molar-refractivity contribution in [1.82, 2.24) is 10.2 Å². The molecule has 3 fully saturated rings. The van der Waals surface area contributed by atoms with Crippen LogP contribution in [0.3, 0.4) is 0 Å². The van der Waals surface area contributed by atoms with E-state index in [9.17, 15) is 18.8 Å². The number of amides is 3. The molecule has 9 heteroatoms. The molecule has 4 atom stereocenters. The number of nitrogens with one attached hydrogen (secondary N) is 2. The second-order valence-electron chi connectivity index (χ2n) is 12.0. The van der Waals surface area contributed by atoms with Gasteiger partial charge in [0.1, 0.15) is 5.82 Å². The lowest BCUT2D eigenvalue weighted by atomic mass is 9.89. The van der Waals surface area contributed by atoms with Crippen molar-refractivity contribution in [3.8, 4) is 0 Å². The number of ether oxygens (including phenoxy) is 1. The number of hydrogen-bond donors (Lipinski definition) is 3. The number of anilines is 1. The minimum Gasteiger partial charge on any atom is -0.427 e. The van der Waals surface area contributed by atoms with Gasteiger partial charge in [0.05, 0.1) is 6.42 Å². The van der Waals surface area contributed by atoms with E-state index in [1.165, 1.54) is 12.1 Å². The molecule has 3 aliphatic carbocycles. The number of rotatable bonds is 8. The Labute approximate surface area is 233 Å². The van der Waals surface area contributed by atoms with Gasteiger partial charge in [-0.15, -0.1) is 0 Å². The summed E-state index contributed by atoms with van der Waals surface area (Å²) >= 11 is 0. The van der Waals surface area contributed by atoms with Crippen LogP contribution in [-0.4, -0.2) is 40.9 Å². The maximum atomic E-state index is 14.1. The van der Waals surface area contributed by atoms with Crippen LogP contribution in [0.5, 0.6) is 0 Å². The van der Waals surface area contributed by atoms with Gasteiger partial charge in [0.2, 0.25) is 11.5 Å². The van der Waals surface area contributed by atoms with Crippen LogP contribution in [0, 0.1) is 11.7 Å². The van der Waals surface area contributed by atoms with E-state index in [0.717, 1.165) is 60.9 Å². The molecule has 2 aromatic carbocycles. The largest absolute Gasteiger partial charge is 0.427 e. The fourth-order valence-electron chi connectivity index (χ4n) is 6.81. The van der Waals surface area contributed by atoms with Crippen molar-refractivity contribution in [1.29, 1.82) is 0 Å². The highest BCUT2D eigenvalue weighted by Gasteiger charge is 2.54. The van der Waals surface area contributed by atoms with E-state index >= 15 is 0 Å². The second-order valence-corrected chi connectivity index (χ2v) is 12.0. The summed E-state index contributed by atoms with van der Waals surface area (Å²) in [6, 6.07) is 10.5. The number of benzene rings is 2. The molecule has 2 aromatic rings. The maximum Gasteiger partial charge on any atom is 0.415 e. The highest BCUT2D eigenvalue weighted by Crippen LogP contribution is 2.46. The Morgan fingerprint density at radius 2 is 1.95 bits per heavy atom. The fourth-order valence-corrected chi connectivity index (χ4v) is 6.81. The van der Waals surface area contributed by atoms with Gasteiger partial charge in [-0.3, -0.25) is 14.9 Å². The Kier molecular flexibility index (Phi) is 7.02. The minimum absolute atomic E-state index is 0.0191. The number of nitrogens with zero attached hydrogens (tertiary/aromatic N) is 1. The lowest BCUT2D eigenvalue weighted by molar-refractivity contribution is -0.133. The predicted octanol–water partition coefficient (Wildman–Crippen LogP) is 4.29. The molecule has 8 nitrogen and oxygen atoms in total. The summed E-state index contributed by atoms with van der Waals surface area (Å²) in [6.45, 7) is 2.49. The number of nitrogens with two attached hydrogens (primary N) is 1. The number of carbonyl (C=O) groups is 3. The molecule has 0 radical (unpaired) electrons. The average Bonchev–Trinajstić information content (AvgIpc) is 3.65. The lowest BCUT2D eigenvalue weighted by Gasteiger charge is -2.32. The number of hydrogen-bond acceptors (Lipinski definition) is 6. The number of fused-ring (bicyclic) bond motifs is 2. The molecular formula is C31H37FN4O4. The Morgan fingerprint density at radius 1 is 1.18 bits per heavy atom. The van der Waals surface area contributed by atoms with Crippen LogP contribution >= 0.6 is 0 Å². The molecular weight excluding hydrogens is 511 g/mol. The zero-order chi connectivity index (χ0) is 28.0. The third kappa shape index (κ3) is 5.07. The van der Waals surface area contributed by atoms with Crippen molar-refractivity contribution >= 4 is 23.6 Å². The van der Waals surface area contributed by atoms with E-state index in [1.807, 2.05) is 17.0 Å². The Hall–Kier alpha value is -3.46. The molecule has 3 amide bonds. The second kappa shape index (κ2) is 10.5. The standard InChI is InChI=1S/C31H37FN4O4/c1-18(20-7-8-20)36(17-19-5-9-21(32)10-6-19)28(37)16-25-24-13-14-31(29(38)35-30(39)40-31)26(24)11-12-27(25)34-23-4-2-3-22(33)15-23/h5-6,9-12,18,20,22-23,34H,2-4,7-8,13-17,33H2,1H3,(H,35,38,39)/t18-,22?,23?,31?/m0/s1. The van der Waals surface area contributed by atoms with Crippen molar-refractivity contribution in [3.05, 3.63) is 64.5 Å². The highest BCUT2D eigenvalue weighted by atomic mass is 19.1. The predicted molar refractivity (Wildman–Crippen MR) is 148 cm³/mol. The molecule has 0 aromatic heterocycles. The molecule has 4 aliphatic rings. The number of imide groups is 1. The molecule has 1 saturated heterocycles. The molecule has 3 unspecified atom stereocenters.